The van der Waals surface area contributed by atoms with Crippen LogP contribution in [0.5, 0.6) is 0 Å². The molecule has 23 heavy (non-hydrogen) atoms. The standard InChI is InChI=1S/C16H14BrN3OS2/c1-2-10-7-8-14(23-10)13(21)9-22-16-18-15(19-20-16)11-5-3-4-6-12(11)17/h3-8H,2,9H2,1H3,(H,18,19,20). The maximum Gasteiger partial charge on any atom is 0.209 e. The first kappa shape index (κ1) is 16.4. The van der Waals surface area contributed by atoms with Crippen LogP contribution in [-0.2, 0) is 6.42 Å². The van der Waals surface area contributed by atoms with Gasteiger partial charge in [-0.2, -0.15) is 0 Å². The number of halogens is 1. The number of rotatable bonds is 6. The SMILES string of the molecule is CCc1ccc(C(=O)CSc2n[nH]c(-c3ccccc3Br)n2)s1. The van der Waals surface area contributed by atoms with Crippen LogP contribution in [0.4, 0.5) is 0 Å². The molecule has 0 atom stereocenters. The van der Waals surface area contributed by atoms with E-state index >= 15 is 0 Å². The van der Waals surface area contributed by atoms with Crippen LogP contribution in [-0.4, -0.2) is 26.7 Å². The van der Waals surface area contributed by atoms with Crippen molar-refractivity contribution in [1.29, 1.82) is 0 Å². The molecule has 2 heterocycles. The largest absolute Gasteiger partial charge is 0.292 e. The highest BCUT2D eigenvalue weighted by Gasteiger charge is 2.13. The van der Waals surface area contributed by atoms with E-state index in [4.69, 9.17) is 0 Å². The van der Waals surface area contributed by atoms with Gasteiger partial charge in [0.15, 0.2) is 11.6 Å². The monoisotopic (exact) mass is 407 g/mol. The van der Waals surface area contributed by atoms with Crippen LogP contribution in [0.15, 0.2) is 46.0 Å². The molecule has 0 aliphatic heterocycles. The number of thioether (sulfide) groups is 1. The van der Waals surface area contributed by atoms with E-state index < -0.39 is 0 Å². The Hall–Kier alpha value is -1.44. The molecule has 118 valence electrons. The topological polar surface area (TPSA) is 58.6 Å². The Labute approximate surface area is 150 Å². The number of thiophene rings is 1. The molecule has 0 radical (unpaired) electrons. The lowest BCUT2D eigenvalue weighted by Gasteiger charge is -1.98. The number of carbonyl (C=O) groups is 1. The van der Waals surface area contributed by atoms with Gasteiger partial charge in [0, 0.05) is 14.9 Å². The first-order valence-corrected chi connectivity index (χ1v) is 9.69. The van der Waals surface area contributed by atoms with E-state index in [1.807, 2.05) is 36.4 Å². The number of carbonyl (C=O) groups excluding carboxylic acids is 1. The molecule has 1 aromatic carbocycles. The first-order chi connectivity index (χ1) is 11.2. The van der Waals surface area contributed by atoms with Gasteiger partial charge in [0.1, 0.15) is 0 Å². The highest BCUT2D eigenvalue weighted by Crippen LogP contribution is 2.27. The summed E-state index contributed by atoms with van der Waals surface area (Å²) in [6, 6.07) is 11.7. The van der Waals surface area contributed by atoms with E-state index in [0.29, 0.717) is 16.7 Å². The lowest BCUT2D eigenvalue weighted by atomic mass is 10.2. The third kappa shape index (κ3) is 3.91. The molecule has 1 N–H and O–H groups in total. The predicted octanol–water partition coefficient (Wildman–Crippen LogP) is 4.83. The van der Waals surface area contributed by atoms with Crippen molar-refractivity contribution in [3.8, 4) is 11.4 Å². The van der Waals surface area contributed by atoms with Crippen molar-refractivity contribution in [2.75, 3.05) is 5.75 Å². The highest BCUT2D eigenvalue weighted by molar-refractivity contribution is 9.10. The molecule has 0 saturated heterocycles. The molecule has 0 aliphatic carbocycles. The molecular formula is C16H14BrN3OS2. The lowest BCUT2D eigenvalue weighted by molar-refractivity contribution is 0.102. The quantitative estimate of drug-likeness (QED) is 0.469. The van der Waals surface area contributed by atoms with Gasteiger partial charge in [0.2, 0.25) is 5.16 Å². The second-order valence-corrected chi connectivity index (χ2v) is 7.74. The van der Waals surface area contributed by atoms with Gasteiger partial charge in [-0.05, 0) is 24.6 Å². The zero-order chi connectivity index (χ0) is 16.2. The second-order valence-electron chi connectivity index (χ2n) is 4.78. The summed E-state index contributed by atoms with van der Waals surface area (Å²) in [5, 5.41) is 7.68. The minimum absolute atomic E-state index is 0.118. The number of nitrogens with one attached hydrogen (secondary N) is 1. The maximum absolute atomic E-state index is 12.2. The Morgan fingerprint density at radius 2 is 2.13 bits per heavy atom. The fourth-order valence-electron chi connectivity index (χ4n) is 2.00. The number of ketones is 1. The summed E-state index contributed by atoms with van der Waals surface area (Å²) < 4.78 is 0.953. The van der Waals surface area contributed by atoms with Crippen LogP contribution in [0.1, 0.15) is 21.5 Å². The van der Waals surface area contributed by atoms with Crippen molar-refractivity contribution >= 4 is 44.8 Å². The van der Waals surface area contributed by atoms with Crippen molar-refractivity contribution < 1.29 is 4.79 Å². The van der Waals surface area contributed by atoms with E-state index in [2.05, 4.69) is 38.0 Å². The van der Waals surface area contributed by atoms with Crippen molar-refractivity contribution in [3.63, 3.8) is 0 Å². The lowest BCUT2D eigenvalue weighted by Crippen LogP contribution is -1.99. The molecular weight excluding hydrogens is 394 g/mol. The molecule has 0 aliphatic rings. The average Bonchev–Trinajstić information content (AvgIpc) is 3.22. The summed E-state index contributed by atoms with van der Waals surface area (Å²) in [5.41, 5.74) is 0.948. The minimum atomic E-state index is 0.118. The van der Waals surface area contributed by atoms with E-state index in [-0.39, 0.29) is 5.78 Å². The van der Waals surface area contributed by atoms with Gasteiger partial charge in [-0.1, -0.05) is 52.8 Å². The smallest absolute Gasteiger partial charge is 0.209 e. The zero-order valence-electron chi connectivity index (χ0n) is 12.4. The van der Waals surface area contributed by atoms with Gasteiger partial charge in [0.05, 0.1) is 10.6 Å². The van der Waals surface area contributed by atoms with E-state index in [9.17, 15) is 4.79 Å². The number of H-pyrrole nitrogens is 1. The number of hydrogen-bond donors (Lipinski definition) is 1. The van der Waals surface area contributed by atoms with Crippen LogP contribution in [0.25, 0.3) is 11.4 Å². The molecule has 0 bridgehead atoms. The van der Waals surface area contributed by atoms with Crippen LogP contribution >= 0.6 is 39.0 Å². The molecule has 7 heteroatoms. The highest BCUT2D eigenvalue weighted by atomic mass is 79.9. The van der Waals surface area contributed by atoms with Gasteiger partial charge in [-0.25, -0.2) is 4.98 Å². The predicted molar refractivity (Wildman–Crippen MR) is 98.3 cm³/mol. The van der Waals surface area contributed by atoms with Crippen molar-refractivity contribution in [3.05, 3.63) is 50.6 Å². The number of nitrogens with zero attached hydrogens (tertiary/aromatic N) is 2. The minimum Gasteiger partial charge on any atom is -0.292 e. The Balaban J connectivity index is 1.65. The third-order valence-electron chi connectivity index (χ3n) is 3.21. The molecule has 0 saturated carbocycles. The molecule has 0 amide bonds. The molecule has 2 aromatic heterocycles. The van der Waals surface area contributed by atoms with Gasteiger partial charge in [-0.3, -0.25) is 9.89 Å². The number of benzene rings is 1. The van der Waals surface area contributed by atoms with Crippen LogP contribution in [0, 0.1) is 0 Å². The van der Waals surface area contributed by atoms with Crippen LogP contribution in [0.3, 0.4) is 0 Å². The number of hydrogen-bond acceptors (Lipinski definition) is 5. The molecule has 3 aromatic rings. The zero-order valence-corrected chi connectivity index (χ0v) is 15.6. The van der Waals surface area contributed by atoms with Gasteiger partial charge >= 0.3 is 0 Å². The Morgan fingerprint density at radius 1 is 1.30 bits per heavy atom. The Bertz CT molecular complexity index is 828. The molecule has 3 rings (SSSR count). The summed E-state index contributed by atoms with van der Waals surface area (Å²) in [4.78, 5) is 18.7. The Kier molecular flexibility index (Phi) is 5.30. The van der Waals surface area contributed by atoms with E-state index in [0.717, 1.165) is 21.3 Å². The fraction of sp³-hybridized carbons (Fsp3) is 0.188. The number of aromatic amines is 1. The summed E-state index contributed by atoms with van der Waals surface area (Å²) in [6.45, 7) is 2.09. The van der Waals surface area contributed by atoms with Crippen molar-refractivity contribution in [2.24, 2.45) is 0 Å². The normalized spacial score (nSPS) is 10.9. The van der Waals surface area contributed by atoms with Gasteiger partial charge in [-0.15, -0.1) is 16.4 Å². The summed E-state index contributed by atoms with van der Waals surface area (Å²) in [7, 11) is 0. The fourth-order valence-corrected chi connectivity index (χ4v) is 4.13. The summed E-state index contributed by atoms with van der Waals surface area (Å²) in [6.07, 6.45) is 0.960. The summed E-state index contributed by atoms with van der Waals surface area (Å²) >= 11 is 6.41. The number of aryl methyl sites for hydroxylation is 1. The average molecular weight is 408 g/mol. The van der Waals surface area contributed by atoms with Crippen LogP contribution in [0.2, 0.25) is 0 Å². The van der Waals surface area contributed by atoms with E-state index in [1.165, 1.54) is 16.6 Å². The Morgan fingerprint density at radius 3 is 2.87 bits per heavy atom. The molecule has 0 fully saturated rings. The molecule has 0 spiro atoms. The van der Waals surface area contributed by atoms with Gasteiger partial charge in [0.25, 0.3) is 0 Å². The van der Waals surface area contributed by atoms with Crippen molar-refractivity contribution in [1.82, 2.24) is 15.2 Å². The molecule has 4 nitrogen and oxygen atoms in total. The second kappa shape index (κ2) is 7.42. The van der Waals surface area contributed by atoms with Crippen molar-refractivity contribution in [2.45, 2.75) is 18.5 Å². The van der Waals surface area contributed by atoms with Gasteiger partial charge < -0.3 is 0 Å². The van der Waals surface area contributed by atoms with Crippen LogP contribution < -0.4 is 0 Å². The maximum atomic E-state index is 12.2. The first-order valence-electron chi connectivity index (χ1n) is 7.09. The number of aromatic nitrogens is 3. The van der Waals surface area contributed by atoms with E-state index in [1.54, 1.807) is 11.3 Å². The summed E-state index contributed by atoms with van der Waals surface area (Å²) in [5.74, 6) is 1.15. The third-order valence-corrected chi connectivity index (χ3v) is 6.02. The molecule has 0 unspecified atom stereocenters. The number of Topliss-reactive ketones (excluding diaryl/α,β-unsaturated/α-hetero) is 1.